The van der Waals surface area contributed by atoms with E-state index in [-0.39, 0.29) is 0 Å². The van der Waals surface area contributed by atoms with E-state index in [9.17, 15) is 4.79 Å². The van der Waals surface area contributed by atoms with Gasteiger partial charge in [-0.1, -0.05) is 30.3 Å². The van der Waals surface area contributed by atoms with Crippen LogP contribution in [-0.4, -0.2) is 27.4 Å². The van der Waals surface area contributed by atoms with E-state index in [0.29, 0.717) is 12.1 Å². The maximum atomic E-state index is 11.0. The van der Waals surface area contributed by atoms with Crippen molar-refractivity contribution in [2.75, 3.05) is 11.9 Å². The van der Waals surface area contributed by atoms with Crippen LogP contribution in [0.4, 0.5) is 11.5 Å². The van der Waals surface area contributed by atoms with Gasteiger partial charge in [0.25, 0.3) is 0 Å². The molecule has 0 radical (unpaired) electrons. The lowest BCUT2D eigenvalue weighted by atomic mass is 10.1. The molecule has 26 heavy (non-hydrogen) atoms. The number of aromatic carboxylic acids is 1. The van der Waals surface area contributed by atoms with Gasteiger partial charge in [-0.15, -0.1) is 0 Å². The number of para-hydroxylation sites is 1. The summed E-state index contributed by atoms with van der Waals surface area (Å²) >= 11 is 0. The van der Waals surface area contributed by atoms with Crippen molar-refractivity contribution < 1.29 is 9.90 Å². The molecule has 3 aromatic rings. The molecule has 0 fully saturated rings. The SMILES string of the molecule is O=C(O)c1ccc(Cn2nc(Nc3ccccc3)c3c2CCNC3)cc1. The first-order chi connectivity index (χ1) is 12.7. The molecule has 0 spiro atoms. The van der Waals surface area contributed by atoms with Crippen LogP contribution < -0.4 is 10.6 Å². The zero-order valence-corrected chi connectivity index (χ0v) is 14.3. The second-order valence-corrected chi connectivity index (χ2v) is 6.35. The van der Waals surface area contributed by atoms with Gasteiger partial charge in [0.05, 0.1) is 12.1 Å². The third-order valence-electron chi connectivity index (χ3n) is 4.58. The summed E-state index contributed by atoms with van der Waals surface area (Å²) in [6, 6.07) is 17.0. The van der Waals surface area contributed by atoms with E-state index in [1.54, 1.807) is 12.1 Å². The summed E-state index contributed by atoms with van der Waals surface area (Å²) in [6.45, 7) is 2.35. The Kier molecular flexibility index (Phi) is 4.41. The van der Waals surface area contributed by atoms with Crippen molar-refractivity contribution >= 4 is 17.5 Å². The van der Waals surface area contributed by atoms with Crippen molar-refractivity contribution in [2.45, 2.75) is 19.5 Å². The van der Waals surface area contributed by atoms with Crippen molar-refractivity contribution in [1.29, 1.82) is 0 Å². The van der Waals surface area contributed by atoms with Crippen LogP contribution in [0.5, 0.6) is 0 Å². The molecule has 1 aliphatic rings. The third kappa shape index (κ3) is 3.32. The minimum Gasteiger partial charge on any atom is -0.478 e. The summed E-state index contributed by atoms with van der Waals surface area (Å²) in [5, 5.41) is 20.6. The number of anilines is 2. The Labute approximate surface area is 151 Å². The molecule has 0 unspecified atom stereocenters. The highest BCUT2D eigenvalue weighted by Gasteiger charge is 2.21. The topological polar surface area (TPSA) is 79.2 Å². The molecule has 2 aromatic carbocycles. The van der Waals surface area contributed by atoms with Crippen LogP contribution in [0.25, 0.3) is 0 Å². The molecule has 3 N–H and O–H groups in total. The minimum atomic E-state index is -0.909. The number of hydrogen-bond acceptors (Lipinski definition) is 4. The Hall–Kier alpha value is -3.12. The predicted molar refractivity (Wildman–Crippen MR) is 99.9 cm³/mol. The average molecular weight is 348 g/mol. The summed E-state index contributed by atoms with van der Waals surface area (Å²) in [5.74, 6) is -0.0333. The Bertz CT molecular complexity index is 917. The van der Waals surface area contributed by atoms with Crippen LogP contribution in [0, 0.1) is 0 Å². The highest BCUT2D eigenvalue weighted by Crippen LogP contribution is 2.26. The fourth-order valence-electron chi connectivity index (χ4n) is 3.23. The fraction of sp³-hybridized carbons (Fsp3) is 0.200. The second kappa shape index (κ2) is 7.01. The molecule has 6 nitrogen and oxygen atoms in total. The zero-order valence-electron chi connectivity index (χ0n) is 14.3. The van der Waals surface area contributed by atoms with Gasteiger partial charge in [-0.3, -0.25) is 4.68 Å². The number of aromatic nitrogens is 2. The van der Waals surface area contributed by atoms with E-state index in [0.717, 1.165) is 36.6 Å². The number of nitrogens with one attached hydrogen (secondary N) is 2. The van der Waals surface area contributed by atoms with Crippen molar-refractivity contribution in [2.24, 2.45) is 0 Å². The molecule has 1 aromatic heterocycles. The number of benzene rings is 2. The quantitative estimate of drug-likeness (QED) is 0.660. The van der Waals surface area contributed by atoms with Crippen molar-refractivity contribution in [1.82, 2.24) is 15.1 Å². The first-order valence-corrected chi connectivity index (χ1v) is 8.64. The summed E-state index contributed by atoms with van der Waals surface area (Å²) in [5.41, 5.74) is 4.76. The molecule has 1 aliphatic heterocycles. The van der Waals surface area contributed by atoms with Crippen LogP contribution in [0.15, 0.2) is 54.6 Å². The largest absolute Gasteiger partial charge is 0.478 e. The zero-order chi connectivity index (χ0) is 17.9. The molecule has 0 atom stereocenters. The summed E-state index contributed by atoms with van der Waals surface area (Å²) in [6.07, 6.45) is 0.923. The van der Waals surface area contributed by atoms with Gasteiger partial charge in [0, 0.05) is 36.5 Å². The lowest BCUT2D eigenvalue weighted by molar-refractivity contribution is 0.0697. The Morgan fingerprint density at radius 3 is 2.65 bits per heavy atom. The molecule has 6 heteroatoms. The molecule has 2 heterocycles. The smallest absolute Gasteiger partial charge is 0.335 e. The molecule has 0 amide bonds. The minimum absolute atomic E-state index is 0.298. The number of carboxylic acids is 1. The Morgan fingerprint density at radius 2 is 1.92 bits per heavy atom. The molecule has 0 aliphatic carbocycles. The van der Waals surface area contributed by atoms with Gasteiger partial charge in [0.2, 0.25) is 0 Å². The molecule has 4 rings (SSSR count). The number of nitrogens with zero attached hydrogens (tertiary/aromatic N) is 2. The standard InChI is InChI=1S/C20H20N4O2/c25-20(26)15-8-6-14(7-9-15)13-24-18-10-11-21-12-17(18)19(23-24)22-16-4-2-1-3-5-16/h1-9,21H,10-13H2,(H,22,23)(H,25,26). The van der Waals surface area contributed by atoms with Crippen LogP contribution in [-0.2, 0) is 19.5 Å². The summed E-state index contributed by atoms with van der Waals surface area (Å²) in [7, 11) is 0. The van der Waals surface area contributed by atoms with Crippen LogP contribution in [0.3, 0.4) is 0 Å². The molecule has 132 valence electrons. The molecule has 0 saturated heterocycles. The summed E-state index contributed by atoms with van der Waals surface area (Å²) < 4.78 is 2.03. The number of fused-ring (bicyclic) bond motifs is 1. The summed E-state index contributed by atoms with van der Waals surface area (Å²) in [4.78, 5) is 11.0. The van der Waals surface area contributed by atoms with E-state index in [2.05, 4.69) is 10.6 Å². The van der Waals surface area contributed by atoms with Gasteiger partial charge >= 0.3 is 5.97 Å². The molecular formula is C20H20N4O2. The number of rotatable bonds is 5. The maximum Gasteiger partial charge on any atom is 0.335 e. The predicted octanol–water partition coefficient (Wildman–Crippen LogP) is 3.02. The fourth-order valence-corrected chi connectivity index (χ4v) is 3.23. The van der Waals surface area contributed by atoms with Gasteiger partial charge in [-0.25, -0.2) is 4.79 Å². The highest BCUT2D eigenvalue weighted by atomic mass is 16.4. The average Bonchev–Trinajstić information content (AvgIpc) is 3.01. The number of carbonyl (C=O) groups is 1. The van der Waals surface area contributed by atoms with Crippen LogP contribution in [0.1, 0.15) is 27.2 Å². The molecule has 0 saturated carbocycles. The lowest BCUT2D eigenvalue weighted by Gasteiger charge is -2.16. The van der Waals surface area contributed by atoms with E-state index < -0.39 is 5.97 Å². The van der Waals surface area contributed by atoms with E-state index in [4.69, 9.17) is 10.2 Å². The van der Waals surface area contributed by atoms with Gasteiger partial charge in [-0.2, -0.15) is 5.10 Å². The molecular weight excluding hydrogens is 328 g/mol. The van der Waals surface area contributed by atoms with Gasteiger partial charge in [0.1, 0.15) is 0 Å². The van der Waals surface area contributed by atoms with Crippen LogP contribution >= 0.6 is 0 Å². The Morgan fingerprint density at radius 1 is 1.15 bits per heavy atom. The van der Waals surface area contributed by atoms with E-state index >= 15 is 0 Å². The highest BCUT2D eigenvalue weighted by molar-refractivity contribution is 5.87. The normalized spacial score (nSPS) is 13.2. The first-order valence-electron chi connectivity index (χ1n) is 8.64. The van der Waals surface area contributed by atoms with Crippen molar-refractivity contribution in [3.05, 3.63) is 77.0 Å². The monoisotopic (exact) mass is 348 g/mol. The number of hydrogen-bond donors (Lipinski definition) is 3. The maximum absolute atomic E-state index is 11.0. The third-order valence-corrected chi connectivity index (χ3v) is 4.58. The molecule has 0 bridgehead atoms. The van der Waals surface area contributed by atoms with Gasteiger partial charge in [-0.05, 0) is 29.8 Å². The number of carboxylic acid groups (broad SMARTS) is 1. The van der Waals surface area contributed by atoms with Crippen molar-refractivity contribution in [3.8, 4) is 0 Å². The van der Waals surface area contributed by atoms with E-state index in [1.807, 2.05) is 47.1 Å². The van der Waals surface area contributed by atoms with E-state index in [1.165, 1.54) is 11.3 Å². The Balaban J connectivity index is 1.62. The van der Waals surface area contributed by atoms with Crippen LogP contribution in [0.2, 0.25) is 0 Å². The van der Waals surface area contributed by atoms with Gasteiger partial charge < -0.3 is 15.7 Å². The second-order valence-electron chi connectivity index (χ2n) is 6.35. The van der Waals surface area contributed by atoms with Gasteiger partial charge in [0.15, 0.2) is 5.82 Å². The van der Waals surface area contributed by atoms with Crippen molar-refractivity contribution in [3.63, 3.8) is 0 Å². The lowest BCUT2D eigenvalue weighted by Crippen LogP contribution is -2.25. The first kappa shape index (κ1) is 16.4.